The molecule has 0 spiro atoms. The number of hydrogen-bond donors (Lipinski definition) is 2. The Kier molecular flexibility index (Phi) is 5.84. The van der Waals surface area contributed by atoms with Crippen molar-refractivity contribution in [2.45, 2.75) is 6.92 Å². The summed E-state index contributed by atoms with van der Waals surface area (Å²) in [5.74, 6) is -0.239. The molecule has 0 aromatic heterocycles. The molecule has 3 rings (SSSR count). The van der Waals surface area contributed by atoms with Crippen LogP contribution in [-0.4, -0.2) is 18.4 Å². The highest BCUT2D eigenvalue weighted by molar-refractivity contribution is 5.95. The van der Waals surface area contributed by atoms with E-state index < -0.39 is 5.91 Å². The van der Waals surface area contributed by atoms with E-state index in [0.717, 1.165) is 16.7 Å². The number of amides is 2. The highest BCUT2D eigenvalue weighted by Crippen LogP contribution is 2.21. The lowest BCUT2D eigenvalue weighted by Gasteiger charge is -2.10. The SMILES string of the molecule is Cc1cccc(C(=O)NNC(=O)COc2ccc(-c3ccccc3)cc2)c1. The number of carbonyl (C=O) groups excluding carboxylic acids is 2. The number of hydrogen-bond acceptors (Lipinski definition) is 3. The largest absolute Gasteiger partial charge is 0.484 e. The summed E-state index contributed by atoms with van der Waals surface area (Å²) >= 11 is 0. The third kappa shape index (κ3) is 5.19. The smallest absolute Gasteiger partial charge is 0.276 e. The number of benzene rings is 3. The minimum atomic E-state index is -0.442. The van der Waals surface area contributed by atoms with Crippen LogP contribution in [0.25, 0.3) is 11.1 Å². The van der Waals surface area contributed by atoms with Crippen LogP contribution in [0.5, 0.6) is 5.75 Å². The minimum absolute atomic E-state index is 0.196. The molecular weight excluding hydrogens is 340 g/mol. The summed E-state index contributed by atoms with van der Waals surface area (Å²) in [7, 11) is 0. The first kappa shape index (κ1) is 18.2. The summed E-state index contributed by atoms with van der Waals surface area (Å²) in [6.07, 6.45) is 0. The van der Waals surface area contributed by atoms with Crippen molar-refractivity contribution in [2.75, 3.05) is 6.61 Å². The van der Waals surface area contributed by atoms with Crippen LogP contribution in [0.2, 0.25) is 0 Å². The summed E-state index contributed by atoms with van der Waals surface area (Å²) in [5, 5.41) is 0. The van der Waals surface area contributed by atoms with Crippen LogP contribution in [0.4, 0.5) is 0 Å². The van der Waals surface area contributed by atoms with Crippen molar-refractivity contribution in [2.24, 2.45) is 0 Å². The summed E-state index contributed by atoms with van der Waals surface area (Å²) in [5.41, 5.74) is 8.35. The Morgan fingerprint density at radius 3 is 2.22 bits per heavy atom. The van der Waals surface area contributed by atoms with Crippen molar-refractivity contribution in [3.05, 3.63) is 90.0 Å². The van der Waals surface area contributed by atoms with Gasteiger partial charge in [-0.3, -0.25) is 20.4 Å². The third-order valence-corrected chi connectivity index (χ3v) is 3.93. The molecule has 2 amide bonds. The van der Waals surface area contributed by atoms with Crippen LogP contribution in [0.3, 0.4) is 0 Å². The van der Waals surface area contributed by atoms with E-state index in [0.29, 0.717) is 11.3 Å². The van der Waals surface area contributed by atoms with Crippen LogP contribution >= 0.6 is 0 Å². The lowest BCUT2D eigenvalue weighted by atomic mass is 10.1. The molecule has 0 fully saturated rings. The third-order valence-electron chi connectivity index (χ3n) is 3.93. The Morgan fingerprint density at radius 2 is 1.52 bits per heavy atom. The van der Waals surface area contributed by atoms with Crippen molar-refractivity contribution in [3.8, 4) is 16.9 Å². The first-order valence-electron chi connectivity index (χ1n) is 8.56. The molecule has 0 heterocycles. The van der Waals surface area contributed by atoms with E-state index in [1.165, 1.54) is 0 Å². The average molecular weight is 360 g/mol. The number of nitrogens with one attached hydrogen (secondary N) is 2. The van der Waals surface area contributed by atoms with Gasteiger partial charge in [-0.25, -0.2) is 0 Å². The second kappa shape index (κ2) is 8.67. The van der Waals surface area contributed by atoms with Gasteiger partial charge in [-0.05, 0) is 42.3 Å². The fourth-order valence-corrected chi connectivity index (χ4v) is 2.54. The molecule has 0 aliphatic rings. The zero-order chi connectivity index (χ0) is 19.1. The zero-order valence-electron chi connectivity index (χ0n) is 14.9. The number of rotatable bonds is 5. The second-order valence-corrected chi connectivity index (χ2v) is 6.05. The van der Waals surface area contributed by atoms with Crippen molar-refractivity contribution in [1.29, 1.82) is 0 Å². The maximum Gasteiger partial charge on any atom is 0.276 e. The summed E-state index contributed by atoms with van der Waals surface area (Å²) < 4.78 is 5.45. The molecule has 0 saturated heterocycles. The van der Waals surface area contributed by atoms with E-state index >= 15 is 0 Å². The predicted octanol–water partition coefficient (Wildman–Crippen LogP) is 3.50. The standard InChI is InChI=1S/C22H20N2O3/c1-16-6-5-9-19(14-16)22(26)24-23-21(25)15-27-20-12-10-18(11-13-20)17-7-3-2-4-8-17/h2-14H,15H2,1H3,(H,23,25)(H,24,26). The zero-order valence-corrected chi connectivity index (χ0v) is 14.9. The maximum absolute atomic E-state index is 12.0. The molecule has 3 aromatic rings. The van der Waals surface area contributed by atoms with Gasteiger partial charge in [-0.2, -0.15) is 0 Å². The van der Waals surface area contributed by atoms with E-state index in [9.17, 15) is 9.59 Å². The molecular formula is C22H20N2O3. The Morgan fingerprint density at radius 1 is 0.815 bits per heavy atom. The van der Waals surface area contributed by atoms with E-state index in [1.54, 1.807) is 30.3 Å². The molecule has 0 radical (unpaired) electrons. The summed E-state index contributed by atoms with van der Waals surface area (Å²) in [6.45, 7) is 1.70. The van der Waals surface area contributed by atoms with Gasteiger partial charge in [0.2, 0.25) is 0 Å². The van der Waals surface area contributed by atoms with Crippen LogP contribution in [0.1, 0.15) is 15.9 Å². The Labute approximate surface area is 158 Å². The molecule has 2 N–H and O–H groups in total. The van der Waals surface area contributed by atoms with Gasteiger partial charge in [0.1, 0.15) is 5.75 Å². The molecule has 0 unspecified atom stereocenters. The second-order valence-electron chi connectivity index (χ2n) is 6.05. The molecule has 0 bridgehead atoms. The average Bonchev–Trinajstić information content (AvgIpc) is 2.71. The Hall–Kier alpha value is -3.60. The van der Waals surface area contributed by atoms with Gasteiger partial charge in [0.05, 0.1) is 0 Å². The van der Waals surface area contributed by atoms with Gasteiger partial charge in [0.15, 0.2) is 6.61 Å². The predicted molar refractivity (Wildman–Crippen MR) is 104 cm³/mol. The highest BCUT2D eigenvalue weighted by atomic mass is 16.5. The fraction of sp³-hybridized carbons (Fsp3) is 0.0909. The van der Waals surface area contributed by atoms with Gasteiger partial charge in [0.25, 0.3) is 11.8 Å². The lowest BCUT2D eigenvalue weighted by molar-refractivity contribution is -0.123. The molecule has 0 saturated carbocycles. The van der Waals surface area contributed by atoms with Gasteiger partial charge in [-0.15, -0.1) is 0 Å². The molecule has 5 heteroatoms. The molecule has 3 aromatic carbocycles. The Balaban J connectivity index is 1.47. The molecule has 5 nitrogen and oxygen atoms in total. The van der Waals surface area contributed by atoms with Crippen LogP contribution in [0, 0.1) is 6.92 Å². The van der Waals surface area contributed by atoms with Gasteiger partial charge in [-0.1, -0.05) is 60.2 Å². The maximum atomic E-state index is 12.0. The molecule has 0 atom stereocenters. The van der Waals surface area contributed by atoms with E-state index in [-0.39, 0.29) is 12.5 Å². The molecule has 136 valence electrons. The van der Waals surface area contributed by atoms with Crippen molar-refractivity contribution < 1.29 is 14.3 Å². The molecule has 27 heavy (non-hydrogen) atoms. The van der Waals surface area contributed by atoms with E-state index in [1.807, 2.05) is 55.5 Å². The minimum Gasteiger partial charge on any atom is -0.484 e. The van der Waals surface area contributed by atoms with Crippen molar-refractivity contribution in [1.82, 2.24) is 10.9 Å². The fourth-order valence-electron chi connectivity index (χ4n) is 2.54. The summed E-state index contributed by atoms with van der Waals surface area (Å²) in [6, 6.07) is 24.6. The highest BCUT2D eigenvalue weighted by Gasteiger charge is 2.08. The van der Waals surface area contributed by atoms with Gasteiger partial charge in [0, 0.05) is 5.56 Å². The monoisotopic (exact) mass is 360 g/mol. The number of aryl methyl sites for hydroxylation is 1. The van der Waals surface area contributed by atoms with Crippen molar-refractivity contribution in [3.63, 3.8) is 0 Å². The first-order chi connectivity index (χ1) is 13.1. The van der Waals surface area contributed by atoms with E-state index in [2.05, 4.69) is 10.9 Å². The number of ether oxygens (including phenoxy) is 1. The molecule has 0 aliphatic carbocycles. The normalized spacial score (nSPS) is 10.1. The van der Waals surface area contributed by atoms with Crippen LogP contribution in [0.15, 0.2) is 78.9 Å². The first-order valence-corrected chi connectivity index (χ1v) is 8.56. The van der Waals surface area contributed by atoms with Gasteiger partial charge < -0.3 is 4.74 Å². The van der Waals surface area contributed by atoms with Gasteiger partial charge >= 0.3 is 0 Å². The summed E-state index contributed by atoms with van der Waals surface area (Å²) in [4.78, 5) is 23.8. The molecule has 0 aliphatic heterocycles. The number of hydrazine groups is 1. The Bertz CT molecular complexity index is 922. The van der Waals surface area contributed by atoms with E-state index in [4.69, 9.17) is 4.74 Å². The number of carbonyl (C=O) groups is 2. The van der Waals surface area contributed by atoms with Crippen LogP contribution < -0.4 is 15.6 Å². The van der Waals surface area contributed by atoms with Crippen molar-refractivity contribution >= 4 is 11.8 Å². The van der Waals surface area contributed by atoms with Crippen LogP contribution in [-0.2, 0) is 4.79 Å². The topological polar surface area (TPSA) is 67.4 Å². The lowest BCUT2D eigenvalue weighted by Crippen LogP contribution is -2.43. The quantitative estimate of drug-likeness (QED) is 0.684.